The molecule has 1 aliphatic carbocycles. The molecule has 136 valence electrons. The van der Waals surface area contributed by atoms with Gasteiger partial charge in [0, 0.05) is 6.04 Å². The van der Waals surface area contributed by atoms with Crippen molar-refractivity contribution in [2.75, 3.05) is 7.11 Å². The van der Waals surface area contributed by atoms with Crippen LogP contribution in [0.5, 0.6) is 5.75 Å². The molecule has 8 nitrogen and oxygen atoms in total. The SMILES string of the molecule is COc1ccc(S(=O)(=O)NC2CC(C)CCC2C)cc1-n1cnnn1. The predicted octanol–water partition coefficient (Wildman–Crippen LogP) is 1.77. The molecule has 25 heavy (non-hydrogen) atoms. The van der Waals surface area contributed by atoms with Crippen molar-refractivity contribution >= 4 is 10.0 Å². The molecule has 0 spiro atoms. The Kier molecular flexibility index (Phi) is 5.05. The zero-order valence-electron chi connectivity index (χ0n) is 14.6. The van der Waals surface area contributed by atoms with Gasteiger partial charge < -0.3 is 4.74 Å². The minimum atomic E-state index is -3.64. The third-order valence-electron chi connectivity index (χ3n) is 4.82. The van der Waals surface area contributed by atoms with Crippen molar-refractivity contribution in [1.29, 1.82) is 0 Å². The van der Waals surface area contributed by atoms with E-state index in [-0.39, 0.29) is 10.9 Å². The molecule has 1 saturated carbocycles. The molecule has 3 atom stereocenters. The average Bonchev–Trinajstić information content (AvgIpc) is 3.11. The van der Waals surface area contributed by atoms with Crippen LogP contribution >= 0.6 is 0 Å². The van der Waals surface area contributed by atoms with Gasteiger partial charge in [-0.2, -0.15) is 4.68 Å². The Morgan fingerprint density at radius 3 is 2.76 bits per heavy atom. The second kappa shape index (κ2) is 7.09. The maximum Gasteiger partial charge on any atom is 0.240 e. The van der Waals surface area contributed by atoms with Gasteiger partial charge in [0.1, 0.15) is 17.8 Å². The third kappa shape index (κ3) is 3.82. The summed E-state index contributed by atoms with van der Waals surface area (Å²) < 4.78 is 35.3. The first-order valence-corrected chi connectivity index (χ1v) is 9.82. The highest BCUT2D eigenvalue weighted by Gasteiger charge is 2.30. The molecule has 9 heteroatoms. The number of hydrogen-bond donors (Lipinski definition) is 1. The number of tetrazole rings is 1. The molecule has 1 heterocycles. The molecule has 2 aromatic rings. The summed E-state index contributed by atoms with van der Waals surface area (Å²) in [6.07, 6.45) is 4.43. The largest absolute Gasteiger partial charge is 0.494 e. The molecule has 0 aliphatic heterocycles. The number of nitrogens with zero attached hydrogens (tertiary/aromatic N) is 4. The molecule has 1 aromatic carbocycles. The van der Waals surface area contributed by atoms with Crippen LogP contribution in [0.3, 0.4) is 0 Å². The molecule has 3 rings (SSSR count). The molecule has 1 aromatic heterocycles. The van der Waals surface area contributed by atoms with Gasteiger partial charge in [-0.05, 0) is 53.3 Å². The lowest BCUT2D eigenvalue weighted by molar-refractivity contribution is 0.251. The molecular weight excluding hydrogens is 342 g/mol. The van der Waals surface area contributed by atoms with Crippen molar-refractivity contribution < 1.29 is 13.2 Å². The second-order valence-electron chi connectivity index (χ2n) is 6.71. The lowest BCUT2D eigenvalue weighted by atomic mass is 9.81. The van der Waals surface area contributed by atoms with E-state index < -0.39 is 10.0 Å². The summed E-state index contributed by atoms with van der Waals surface area (Å²) in [5.41, 5.74) is 0.473. The van der Waals surface area contributed by atoms with Gasteiger partial charge in [-0.3, -0.25) is 0 Å². The summed E-state index contributed by atoms with van der Waals surface area (Å²) in [6.45, 7) is 4.26. The maximum atomic E-state index is 12.9. The molecule has 0 saturated heterocycles. The van der Waals surface area contributed by atoms with Crippen molar-refractivity contribution in [3.8, 4) is 11.4 Å². The molecule has 1 aliphatic rings. The summed E-state index contributed by atoms with van der Waals surface area (Å²) in [6, 6.07) is 4.62. The van der Waals surface area contributed by atoms with Crippen LogP contribution in [0, 0.1) is 11.8 Å². The van der Waals surface area contributed by atoms with Crippen LogP contribution in [0.1, 0.15) is 33.1 Å². The summed E-state index contributed by atoms with van der Waals surface area (Å²) in [5.74, 6) is 1.34. The second-order valence-corrected chi connectivity index (χ2v) is 8.43. The van der Waals surface area contributed by atoms with Crippen molar-refractivity contribution in [3.63, 3.8) is 0 Å². The highest BCUT2D eigenvalue weighted by molar-refractivity contribution is 7.89. The van der Waals surface area contributed by atoms with Gasteiger partial charge >= 0.3 is 0 Å². The summed E-state index contributed by atoms with van der Waals surface area (Å²) in [7, 11) is -2.13. The van der Waals surface area contributed by atoms with E-state index in [9.17, 15) is 8.42 Å². The fraction of sp³-hybridized carbons (Fsp3) is 0.562. The topological polar surface area (TPSA) is 99.0 Å². The third-order valence-corrected chi connectivity index (χ3v) is 6.31. The number of rotatable bonds is 5. The molecule has 1 fully saturated rings. The minimum absolute atomic E-state index is 0.0488. The fourth-order valence-corrected chi connectivity index (χ4v) is 4.63. The zero-order chi connectivity index (χ0) is 18.0. The van der Waals surface area contributed by atoms with Crippen LogP contribution in [0.2, 0.25) is 0 Å². The fourth-order valence-electron chi connectivity index (χ4n) is 3.25. The van der Waals surface area contributed by atoms with E-state index in [0.717, 1.165) is 19.3 Å². The summed E-state index contributed by atoms with van der Waals surface area (Å²) >= 11 is 0. The number of nitrogens with one attached hydrogen (secondary N) is 1. The Bertz CT molecular complexity index is 822. The van der Waals surface area contributed by atoms with Gasteiger partial charge in [0.05, 0.1) is 12.0 Å². The van der Waals surface area contributed by atoms with Crippen molar-refractivity contribution in [2.45, 2.75) is 44.0 Å². The Hall–Kier alpha value is -2.00. The first kappa shape index (κ1) is 17.8. The highest BCUT2D eigenvalue weighted by atomic mass is 32.2. The molecule has 0 radical (unpaired) electrons. The molecule has 0 amide bonds. The van der Waals surface area contributed by atoms with Gasteiger partial charge in [0.15, 0.2) is 0 Å². The Morgan fingerprint density at radius 2 is 2.08 bits per heavy atom. The lowest BCUT2D eigenvalue weighted by Crippen LogP contribution is -2.42. The van der Waals surface area contributed by atoms with Crippen molar-refractivity contribution in [2.24, 2.45) is 11.8 Å². The van der Waals surface area contributed by atoms with Gasteiger partial charge in [0.25, 0.3) is 0 Å². The van der Waals surface area contributed by atoms with Crippen LogP contribution in [0.25, 0.3) is 5.69 Å². The smallest absolute Gasteiger partial charge is 0.240 e. The predicted molar refractivity (Wildman–Crippen MR) is 92.0 cm³/mol. The van der Waals surface area contributed by atoms with Gasteiger partial charge in [0.2, 0.25) is 10.0 Å². The average molecular weight is 365 g/mol. The molecule has 3 unspecified atom stereocenters. The molecule has 1 N–H and O–H groups in total. The van der Waals surface area contributed by atoms with E-state index in [4.69, 9.17) is 4.74 Å². The van der Waals surface area contributed by atoms with Crippen molar-refractivity contribution in [1.82, 2.24) is 24.9 Å². The Morgan fingerprint density at radius 1 is 1.28 bits per heavy atom. The van der Waals surface area contributed by atoms with Crippen molar-refractivity contribution in [3.05, 3.63) is 24.5 Å². The normalized spacial score (nSPS) is 24.2. The number of benzene rings is 1. The van der Waals surface area contributed by atoms with Crippen LogP contribution < -0.4 is 9.46 Å². The summed E-state index contributed by atoms with van der Waals surface area (Å²) in [5, 5.41) is 11.0. The Balaban J connectivity index is 1.91. The number of methoxy groups -OCH3 is 1. The number of aromatic nitrogens is 4. The zero-order valence-corrected chi connectivity index (χ0v) is 15.4. The lowest BCUT2D eigenvalue weighted by Gasteiger charge is -2.33. The first-order valence-electron chi connectivity index (χ1n) is 8.34. The standard InChI is InChI=1S/C16H23N5O3S/c1-11-4-5-12(2)14(8-11)18-25(22,23)13-6-7-16(24-3)15(9-13)21-10-17-19-20-21/h6-7,9-12,14,18H,4-5,8H2,1-3H3. The van der Waals surface area contributed by atoms with E-state index in [1.165, 1.54) is 30.3 Å². The van der Waals surface area contributed by atoms with E-state index in [0.29, 0.717) is 23.3 Å². The Labute approximate surface area is 147 Å². The quantitative estimate of drug-likeness (QED) is 0.867. The highest BCUT2D eigenvalue weighted by Crippen LogP contribution is 2.30. The van der Waals surface area contributed by atoms with Gasteiger partial charge in [-0.25, -0.2) is 13.1 Å². The minimum Gasteiger partial charge on any atom is -0.494 e. The van der Waals surface area contributed by atoms with E-state index in [1.807, 2.05) is 0 Å². The van der Waals surface area contributed by atoms with Crippen LogP contribution in [0.4, 0.5) is 0 Å². The number of ether oxygens (including phenoxy) is 1. The van der Waals surface area contributed by atoms with E-state index >= 15 is 0 Å². The van der Waals surface area contributed by atoms with Gasteiger partial charge in [-0.1, -0.05) is 20.3 Å². The van der Waals surface area contributed by atoms with E-state index in [1.54, 1.807) is 6.07 Å². The number of sulfonamides is 1. The maximum absolute atomic E-state index is 12.9. The summed E-state index contributed by atoms with van der Waals surface area (Å²) in [4.78, 5) is 0.171. The van der Waals surface area contributed by atoms with Gasteiger partial charge in [-0.15, -0.1) is 5.10 Å². The first-order chi connectivity index (χ1) is 11.9. The number of hydrogen-bond acceptors (Lipinski definition) is 6. The van der Waals surface area contributed by atoms with E-state index in [2.05, 4.69) is 34.1 Å². The monoisotopic (exact) mass is 365 g/mol. The molecule has 0 bridgehead atoms. The van der Waals surface area contributed by atoms with Crippen LogP contribution in [0.15, 0.2) is 29.4 Å². The van der Waals surface area contributed by atoms with Crippen LogP contribution in [-0.4, -0.2) is 41.8 Å². The molecular formula is C16H23N5O3S. The van der Waals surface area contributed by atoms with Crippen LogP contribution in [-0.2, 0) is 10.0 Å².